The number of nitrogens with zero attached hydrogens (tertiary/aromatic N) is 2. The van der Waals surface area contributed by atoms with E-state index in [1.54, 1.807) is 0 Å². The zero-order chi connectivity index (χ0) is 11.1. The van der Waals surface area contributed by atoms with Crippen LogP contribution in [0.4, 0.5) is 0 Å². The number of rotatable bonds is 7. The summed E-state index contributed by atoms with van der Waals surface area (Å²) in [6, 6.07) is 0.681. The molecule has 0 aromatic heterocycles. The van der Waals surface area contributed by atoms with Crippen molar-refractivity contribution in [2.75, 3.05) is 33.7 Å². The summed E-state index contributed by atoms with van der Waals surface area (Å²) < 4.78 is 0. The molecule has 0 bridgehead atoms. The highest BCUT2D eigenvalue weighted by molar-refractivity contribution is 4.74. The van der Waals surface area contributed by atoms with E-state index in [1.165, 1.54) is 26.1 Å². The monoisotopic (exact) mass is 200 g/mol. The first-order valence-corrected chi connectivity index (χ1v) is 5.95. The third-order valence-electron chi connectivity index (χ3n) is 3.41. The zero-order valence-corrected chi connectivity index (χ0v) is 10.9. The second kappa shape index (κ2) is 7.24. The molecule has 0 aliphatic heterocycles. The first-order chi connectivity index (χ1) is 6.56. The van der Waals surface area contributed by atoms with E-state index in [4.69, 9.17) is 0 Å². The molecular formula is C12H28N2. The van der Waals surface area contributed by atoms with E-state index in [1.807, 2.05) is 0 Å². The van der Waals surface area contributed by atoms with Crippen molar-refractivity contribution in [3.8, 4) is 0 Å². The first-order valence-electron chi connectivity index (χ1n) is 5.95. The maximum Gasteiger partial charge on any atom is 0.0101 e. The summed E-state index contributed by atoms with van der Waals surface area (Å²) in [5, 5.41) is 0. The van der Waals surface area contributed by atoms with E-state index in [2.05, 4.69) is 51.6 Å². The molecule has 2 atom stereocenters. The molecule has 14 heavy (non-hydrogen) atoms. The van der Waals surface area contributed by atoms with Crippen molar-refractivity contribution < 1.29 is 0 Å². The highest BCUT2D eigenvalue weighted by atomic mass is 15.1. The van der Waals surface area contributed by atoms with Gasteiger partial charge in [-0.3, -0.25) is 0 Å². The van der Waals surface area contributed by atoms with Crippen LogP contribution in [0.5, 0.6) is 0 Å². The van der Waals surface area contributed by atoms with E-state index in [0.29, 0.717) is 6.04 Å². The summed E-state index contributed by atoms with van der Waals surface area (Å²) in [5.74, 6) is 0.796. The Kier molecular flexibility index (Phi) is 7.20. The summed E-state index contributed by atoms with van der Waals surface area (Å²) in [6.07, 6.45) is 1.27. The van der Waals surface area contributed by atoms with E-state index < -0.39 is 0 Å². The Bertz CT molecular complexity index is 130. The fourth-order valence-corrected chi connectivity index (χ4v) is 1.86. The predicted molar refractivity (Wildman–Crippen MR) is 64.7 cm³/mol. The lowest BCUT2D eigenvalue weighted by Crippen LogP contribution is -2.39. The Hall–Kier alpha value is -0.0800. The lowest BCUT2D eigenvalue weighted by atomic mass is 9.97. The molecule has 0 saturated heterocycles. The minimum absolute atomic E-state index is 0.681. The van der Waals surface area contributed by atoms with Gasteiger partial charge in [-0.1, -0.05) is 27.2 Å². The maximum atomic E-state index is 2.52. The van der Waals surface area contributed by atoms with Crippen molar-refractivity contribution >= 4 is 0 Å². The van der Waals surface area contributed by atoms with Crippen LogP contribution in [0.3, 0.4) is 0 Å². The predicted octanol–water partition coefficient (Wildman–Crippen LogP) is 2.30. The Balaban J connectivity index is 4.12. The van der Waals surface area contributed by atoms with Crippen LogP contribution in [0.15, 0.2) is 0 Å². The van der Waals surface area contributed by atoms with Gasteiger partial charge in [-0.05, 0) is 40.0 Å². The molecule has 86 valence electrons. The van der Waals surface area contributed by atoms with Crippen LogP contribution in [-0.2, 0) is 0 Å². The van der Waals surface area contributed by atoms with Gasteiger partial charge in [0.05, 0.1) is 0 Å². The molecule has 0 rings (SSSR count). The van der Waals surface area contributed by atoms with Crippen LogP contribution in [0, 0.1) is 5.92 Å². The normalized spacial score (nSPS) is 16.3. The van der Waals surface area contributed by atoms with Crippen LogP contribution in [0.2, 0.25) is 0 Å². The molecule has 2 nitrogen and oxygen atoms in total. The van der Waals surface area contributed by atoms with Crippen LogP contribution < -0.4 is 0 Å². The molecule has 2 heteroatoms. The van der Waals surface area contributed by atoms with Gasteiger partial charge in [0.1, 0.15) is 0 Å². The average molecular weight is 200 g/mol. The van der Waals surface area contributed by atoms with E-state index >= 15 is 0 Å². The Labute approximate surface area is 90.3 Å². The fourth-order valence-electron chi connectivity index (χ4n) is 1.86. The molecule has 0 fully saturated rings. The second-order valence-electron chi connectivity index (χ2n) is 4.36. The third kappa shape index (κ3) is 4.43. The zero-order valence-electron chi connectivity index (χ0n) is 10.9. The molecule has 0 aromatic carbocycles. The molecule has 0 N–H and O–H groups in total. The lowest BCUT2D eigenvalue weighted by molar-refractivity contribution is 0.162. The van der Waals surface area contributed by atoms with Crippen molar-refractivity contribution in [2.24, 2.45) is 5.92 Å². The van der Waals surface area contributed by atoms with E-state index in [-0.39, 0.29) is 0 Å². The highest BCUT2D eigenvalue weighted by Crippen LogP contribution is 2.14. The van der Waals surface area contributed by atoms with Crippen LogP contribution >= 0.6 is 0 Å². The van der Waals surface area contributed by atoms with E-state index in [0.717, 1.165) is 5.92 Å². The van der Waals surface area contributed by atoms with Gasteiger partial charge in [-0.15, -0.1) is 0 Å². The Morgan fingerprint density at radius 2 is 1.50 bits per heavy atom. The van der Waals surface area contributed by atoms with Gasteiger partial charge in [0, 0.05) is 12.6 Å². The molecule has 0 radical (unpaired) electrons. The topological polar surface area (TPSA) is 6.48 Å². The Morgan fingerprint density at radius 3 is 1.79 bits per heavy atom. The minimum Gasteiger partial charge on any atom is -0.306 e. The van der Waals surface area contributed by atoms with Crippen molar-refractivity contribution in [1.29, 1.82) is 0 Å². The van der Waals surface area contributed by atoms with Gasteiger partial charge in [0.2, 0.25) is 0 Å². The molecule has 0 spiro atoms. The fraction of sp³-hybridized carbons (Fsp3) is 1.00. The van der Waals surface area contributed by atoms with Gasteiger partial charge in [0.15, 0.2) is 0 Å². The van der Waals surface area contributed by atoms with Crippen LogP contribution in [0.1, 0.15) is 34.1 Å². The maximum absolute atomic E-state index is 2.52. The molecule has 0 saturated carbocycles. The average Bonchev–Trinajstić information content (AvgIpc) is 2.19. The molecule has 0 heterocycles. The van der Waals surface area contributed by atoms with Crippen molar-refractivity contribution in [2.45, 2.75) is 40.2 Å². The SMILES string of the molecule is CCC(CN(CC)CC)C(C)N(C)C. The minimum atomic E-state index is 0.681. The standard InChI is InChI=1S/C12H28N2/c1-7-12(11(4)13(5)6)10-14(8-2)9-3/h11-12H,7-10H2,1-6H3. The summed E-state index contributed by atoms with van der Waals surface area (Å²) in [5.41, 5.74) is 0. The molecule has 0 aromatic rings. The van der Waals surface area contributed by atoms with Crippen molar-refractivity contribution in [3.05, 3.63) is 0 Å². The molecule has 0 aliphatic carbocycles. The quantitative estimate of drug-likeness (QED) is 0.622. The summed E-state index contributed by atoms with van der Waals surface area (Å²) >= 11 is 0. The highest BCUT2D eigenvalue weighted by Gasteiger charge is 2.18. The van der Waals surface area contributed by atoms with Gasteiger partial charge in [-0.2, -0.15) is 0 Å². The van der Waals surface area contributed by atoms with Crippen molar-refractivity contribution in [3.63, 3.8) is 0 Å². The lowest BCUT2D eigenvalue weighted by Gasteiger charge is -2.32. The summed E-state index contributed by atoms with van der Waals surface area (Å²) in [7, 11) is 4.35. The molecule has 2 unspecified atom stereocenters. The summed E-state index contributed by atoms with van der Waals surface area (Å²) in [4.78, 5) is 4.85. The first kappa shape index (κ1) is 13.9. The van der Waals surface area contributed by atoms with Gasteiger partial charge in [0.25, 0.3) is 0 Å². The largest absolute Gasteiger partial charge is 0.306 e. The van der Waals surface area contributed by atoms with Gasteiger partial charge in [-0.25, -0.2) is 0 Å². The second-order valence-corrected chi connectivity index (χ2v) is 4.36. The molecule has 0 amide bonds. The Morgan fingerprint density at radius 1 is 1.00 bits per heavy atom. The number of hydrogen-bond donors (Lipinski definition) is 0. The van der Waals surface area contributed by atoms with Crippen LogP contribution in [-0.4, -0.2) is 49.6 Å². The molecular weight excluding hydrogens is 172 g/mol. The number of hydrogen-bond acceptors (Lipinski definition) is 2. The van der Waals surface area contributed by atoms with E-state index in [9.17, 15) is 0 Å². The van der Waals surface area contributed by atoms with Gasteiger partial charge < -0.3 is 9.80 Å². The van der Waals surface area contributed by atoms with Crippen LogP contribution in [0.25, 0.3) is 0 Å². The molecule has 0 aliphatic rings. The summed E-state index contributed by atoms with van der Waals surface area (Å²) in [6.45, 7) is 12.7. The smallest absolute Gasteiger partial charge is 0.0101 e. The van der Waals surface area contributed by atoms with Gasteiger partial charge >= 0.3 is 0 Å². The van der Waals surface area contributed by atoms with Crippen molar-refractivity contribution in [1.82, 2.24) is 9.80 Å². The third-order valence-corrected chi connectivity index (χ3v) is 3.41.